The number of anilines is 1. The fraction of sp³-hybridized carbons (Fsp3) is 0.161. The molecule has 0 fully saturated rings. The largest absolute Gasteiger partial charge is 0.357 e. The molecule has 4 aromatic carbocycles. The molecular formula is C31H30ClN3O4S. The molecule has 206 valence electrons. The van der Waals surface area contributed by atoms with Crippen LogP contribution in [-0.2, 0) is 32.6 Å². The van der Waals surface area contributed by atoms with Crippen molar-refractivity contribution >= 4 is 39.1 Å². The van der Waals surface area contributed by atoms with Gasteiger partial charge in [-0.3, -0.25) is 13.9 Å². The number of sulfonamides is 1. The van der Waals surface area contributed by atoms with Crippen molar-refractivity contribution < 1.29 is 18.0 Å². The molecule has 0 saturated heterocycles. The van der Waals surface area contributed by atoms with E-state index in [1.54, 1.807) is 42.5 Å². The van der Waals surface area contributed by atoms with Gasteiger partial charge in [-0.15, -0.1) is 0 Å². The quantitative estimate of drug-likeness (QED) is 0.275. The Hall–Kier alpha value is -4.14. The summed E-state index contributed by atoms with van der Waals surface area (Å²) in [5.74, 6) is -0.906. The minimum absolute atomic E-state index is 0.0180. The van der Waals surface area contributed by atoms with E-state index in [9.17, 15) is 18.0 Å². The number of nitrogens with zero attached hydrogens (tertiary/aromatic N) is 2. The van der Waals surface area contributed by atoms with E-state index in [0.29, 0.717) is 0 Å². The summed E-state index contributed by atoms with van der Waals surface area (Å²) in [4.78, 5) is 28.8. The Labute approximate surface area is 240 Å². The molecule has 0 aliphatic carbocycles. The van der Waals surface area contributed by atoms with Gasteiger partial charge in [-0.25, -0.2) is 8.42 Å². The molecule has 2 amide bonds. The van der Waals surface area contributed by atoms with E-state index in [4.69, 9.17) is 11.6 Å². The lowest BCUT2D eigenvalue weighted by atomic mass is 10.0. The summed E-state index contributed by atoms with van der Waals surface area (Å²) in [6, 6.07) is 32.1. The molecule has 0 heterocycles. The van der Waals surface area contributed by atoms with Crippen molar-refractivity contribution in [2.24, 2.45) is 0 Å². The topological polar surface area (TPSA) is 86.8 Å². The predicted molar refractivity (Wildman–Crippen MR) is 157 cm³/mol. The predicted octanol–water partition coefficient (Wildman–Crippen LogP) is 4.92. The van der Waals surface area contributed by atoms with E-state index in [2.05, 4.69) is 5.32 Å². The zero-order chi connectivity index (χ0) is 28.5. The molecule has 0 aromatic heterocycles. The first kappa shape index (κ1) is 28.9. The fourth-order valence-corrected chi connectivity index (χ4v) is 6.13. The fourth-order valence-electron chi connectivity index (χ4n) is 4.39. The standard InChI is InChI=1S/C31H30ClN3O4S/c1-33-31(37)29(21-24-13-5-2-6-14-24)34(22-25-15-7-3-8-16-25)30(36)23-35(28-20-12-11-19-27(28)32)40(38,39)26-17-9-4-10-18-26/h2-20,29H,21-23H2,1H3,(H,33,37). The van der Waals surface area contributed by atoms with E-state index in [0.717, 1.165) is 15.4 Å². The van der Waals surface area contributed by atoms with Gasteiger partial charge < -0.3 is 10.2 Å². The molecule has 0 aliphatic rings. The number of benzene rings is 4. The average molecular weight is 576 g/mol. The number of rotatable bonds is 11. The van der Waals surface area contributed by atoms with Crippen molar-refractivity contribution in [2.45, 2.75) is 23.9 Å². The molecule has 40 heavy (non-hydrogen) atoms. The van der Waals surface area contributed by atoms with Crippen LogP contribution in [0, 0.1) is 0 Å². The Bertz CT molecular complexity index is 1530. The Kier molecular flexibility index (Phi) is 9.58. The molecule has 1 atom stereocenters. The summed E-state index contributed by atoms with van der Waals surface area (Å²) in [5.41, 5.74) is 1.83. The van der Waals surface area contributed by atoms with Crippen LogP contribution in [0.2, 0.25) is 5.02 Å². The lowest BCUT2D eigenvalue weighted by molar-refractivity contribution is -0.139. The highest BCUT2D eigenvalue weighted by Gasteiger charge is 2.34. The van der Waals surface area contributed by atoms with Gasteiger partial charge in [0.15, 0.2) is 0 Å². The number of amides is 2. The molecule has 0 bridgehead atoms. The Morgan fingerprint density at radius 1 is 0.775 bits per heavy atom. The summed E-state index contributed by atoms with van der Waals surface area (Å²) < 4.78 is 28.7. The molecule has 0 radical (unpaired) electrons. The summed E-state index contributed by atoms with van der Waals surface area (Å²) in [7, 11) is -2.67. The maximum absolute atomic E-state index is 14.2. The summed E-state index contributed by atoms with van der Waals surface area (Å²) >= 11 is 6.45. The first-order chi connectivity index (χ1) is 19.3. The Morgan fingerprint density at radius 3 is 1.88 bits per heavy atom. The maximum Gasteiger partial charge on any atom is 0.264 e. The zero-order valence-electron chi connectivity index (χ0n) is 22.0. The van der Waals surface area contributed by atoms with Gasteiger partial charge in [0, 0.05) is 20.0 Å². The monoisotopic (exact) mass is 575 g/mol. The van der Waals surface area contributed by atoms with Gasteiger partial charge in [0.1, 0.15) is 12.6 Å². The highest BCUT2D eigenvalue weighted by atomic mass is 35.5. The zero-order valence-corrected chi connectivity index (χ0v) is 23.6. The molecule has 1 unspecified atom stereocenters. The van der Waals surface area contributed by atoms with Crippen LogP contribution < -0.4 is 9.62 Å². The highest BCUT2D eigenvalue weighted by Crippen LogP contribution is 2.30. The van der Waals surface area contributed by atoms with Crippen LogP contribution in [0.1, 0.15) is 11.1 Å². The number of nitrogens with one attached hydrogen (secondary N) is 1. The minimum Gasteiger partial charge on any atom is -0.357 e. The maximum atomic E-state index is 14.2. The second-order valence-corrected chi connectivity index (χ2v) is 11.4. The highest BCUT2D eigenvalue weighted by molar-refractivity contribution is 7.92. The van der Waals surface area contributed by atoms with Crippen LogP contribution in [0.5, 0.6) is 0 Å². The molecule has 9 heteroatoms. The normalized spacial score (nSPS) is 11.8. The number of hydrogen-bond donors (Lipinski definition) is 1. The van der Waals surface area contributed by atoms with Crippen LogP contribution in [-0.4, -0.2) is 44.8 Å². The van der Waals surface area contributed by atoms with E-state index < -0.39 is 28.5 Å². The molecule has 4 aromatic rings. The van der Waals surface area contributed by atoms with Gasteiger partial charge >= 0.3 is 0 Å². The van der Waals surface area contributed by atoms with Gasteiger partial charge in [-0.05, 0) is 35.4 Å². The van der Waals surface area contributed by atoms with Crippen LogP contribution in [0.15, 0.2) is 120 Å². The molecule has 0 saturated carbocycles. The van der Waals surface area contributed by atoms with Gasteiger partial charge in [-0.1, -0.05) is 103 Å². The third kappa shape index (κ3) is 6.89. The van der Waals surface area contributed by atoms with Crippen molar-refractivity contribution in [3.63, 3.8) is 0 Å². The number of hydrogen-bond acceptors (Lipinski definition) is 4. The van der Waals surface area contributed by atoms with Crippen LogP contribution >= 0.6 is 11.6 Å². The SMILES string of the molecule is CNC(=O)C(Cc1ccccc1)N(Cc1ccccc1)C(=O)CN(c1ccccc1Cl)S(=O)(=O)c1ccccc1. The molecule has 0 aliphatic heterocycles. The number of carbonyl (C=O) groups excluding carboxylic acids is 2. The lowest BCUT2D eigenvalue weighted by Crippen LogP contribution is -2.53. The smallest absolute Gasteiger partial charge is 0.264 e. The van der Waals surface area contributed by atoms with Crippen LogP contribution in [0.4, 0.5) is 5.69 Å². The van der Waals surface area contributed by atoms with Crippen molar-refractivity contribution in [1.82, 2.24) is 10.2 Å². The van der Waals surface area contributed by atoms with Crippen molar-refractivity contribution in [3.05, 3.63) is 131 Å². The van der Waals surface area contributed by atoms with E-state index in [-0.39, 0.29) is 34.5 Å². The van der Waals surface area contributed by atoms with Crippen molar-refractivity contribution in [1.29, 1.82) is 0 Å². The van der Waals surface area contributed by atoms with E-state index in [1.807, 2.05) is 60.7 Å². The lowest BCUT2D eigenvalue weighted by Gasteiger charge is -2.33. The first-order valence-electron chi connectivity index (χ1n) is 12.7. The molecular weight excluding hydrogens is 546 g/mol. The molecule has 7 nitrogen and oxygen atoms in total. The molecule has 0 spiro atoms. The van der Waals surface area contributed by atoms with Crippen LogP contribution in [0.3, 0.4) is 0 Å². The second-order valence-electron chi connectivity index (χ2n) is 9.10. The summed E-state index contributed by atoms with van der Waals surface area (Å²) in [5, 5.41) is 2.85. The number of para-hydroxylation sites is 1. The van der Waals surface area contributed by atoms with Crippen molar-refractivity contribution in [3.8, 4) is 0 Å². The van der Waals surface area contributed by atoms with Gasteiger partial charge in [0.2, 0.25) is 11.8 Å². The first-order valence-corrected chi connectivity index (χ1v) is 14.5. The van der Waals surface area contributed by atoms with Gasteiger partial charge in [0.05, 0.1) is 15.6 Å². The van der Waals surface area contributed by atoms with Crippen LogP contribution in [0.25, 0.3) is 0 Å². The third-order valence-electron chi connectivity index (χ3n) is 6.44. The average Bonchev–Trinajstić information content (AvgIpc) is 2.99. The van der Waals surface area contributed by atoms with E-state index in [1.165, 1.54) is 24.1 Å². The summed E-state index contributed by atoms with van der Waals surface area (Å²) in [6.07, 6.45) is 0.247. The third-order valence-corrected chi connectivity index (χ3v) is 8.54. The van der Waals surface area contributed by atoms with Gasteiger partial charge in [-0.2, -0.15) is 0 Å². The second kappa shape index (κ2) is 13.3. The number of likely N-dealkylation sites (N-methyl/N-ethyl adjacent to an activating group) is 1. The summed E-state index contributed by atoms with van der Waals surface area (Å²) in [6.45, 7) is -0.456. The number of carbonyl (C=O) groups is 2. The van der Waals surface area contributed by atoms with Gasteiger partial charge in [0.25, 0.3) is 10.0 Å². The van der Waals surface area contributed by atoms with E-state index >= 15 is 0 Å². The van der Waals surface area contributed by atoms with Crippen molar-refractivity contribution in [2.75, 3.05) is 17.9 Å². The minimum atomic E-state index is -4.19. The molecule has 1 N–H and O–H groups in total. The Morgan fingerprint density at radius 2 is 1.30 bits per heavy atom. The number of halogens is 1. The Balaban J connectivity index is 1.78. The molecule has 4 rings (SSSR count).